The third-order valence-corrected chi connectivity index (χ3v) is 7.82. The van der Waals surface area contributed by atoms with Gasteiger partial charge in [0.2, 0.25) is 16.0 Å². The van der Waals surface area contributed by atoms with Crippen molar-refractivity contribution in [2.45, 2.75) is 50.3 Å². The summed E-state index contributed by atoms with van der Waals surface area (Å²) in [5, 5.41) is 11.2. The summed E-state index contributed by atoms with van der Waals surface area (Å²) in [7, 11) is -2.10. The maximum absolute atomic E-state index is 13.5. The van der Waals surface area contributed by atoms with Crippen LogP contribution in [-0.2, 0) is 23.2 Å². The van der Waals surface area contributed by atoms with Gasteiger partial charge in [0.25, 0.3) is 0 Å². The summed E-state index contributed by atoms with van der Waals surface area (Å²) in [4.78, 5) is 8.17. The average Bonchev–Trinajstić information content (AvgIpc) is 3.44. The number of piperidine rings is 1. The number of alkyl halides is 3. The minimum absolute atomic E-state index is 0.0353. The Hall–Kier alpha value is -3.00. The quantitative estimate of drug-likeness (QED) is 0.540. The number of halogens is 3. The van der Waals surface area contributed by atoms with Gasteiger partial charge in [-0.2, -0.15) is 27.7 Å². The molecule has 0 radical (unpaired) electrons. The van der Waals surface area contributed by atoms with Crippen molar-refractivity contribution < 1.29 is 21.6 Å². The van der Waals surface area contributed by atoms with Crippen molar-refractivity contribution >= 4 is 16.0 Å². The Balaban J connectivity index is 1.51. The van der Waals surface area contributed by atoms with E-state index in [1.807, 2.05) is 20.8 Å². The molecule has 14 heteroatoms. The Labute approximate surface area is 201 Å². The van der Waals surface area contributed by atoms with Gasteiger partial charge in [-0.1, -0.05) is 6.92 Å². The molecule has 0 amide bonds. The SMILES string of the molecule is CC(C)n1cc(S(=O)(=O)N2CC[C@H](Nc3ncc(C(F)(F)F)c(-c4cnn(C)c4)n3)[C@@H](C)C2)cn1. The Morgan fingerprint density at radius 2 is 1.89 bits per heavy atom. The molecule has 2 atom stereocenters. The number of nitrogens with zero attached hydrogens (tertiary/aromatic N) is 7. The van der Waals surface area contributed by atoms with Gasteiger partial charge in [-0.25, -0.2) is 18.4 Å². The Bertz CT molecular complexity index is 1300. The van der Waals surface area contributed by atoms with E-state index in [4.69, 9.17) is 0 Å². The summed E-state index contributed by atoms with van der Waals surface area (Å²) < 4.78 is 71.2. The van der Waals surface area contributed by atoms with E-state index in [2.05, 4.69) is 25.5 Å². The highest BCUT2D eigenvalue weighted by atomic mass is 32.2. The lowest BCUT2D eigenvalue weighted by Crippen LogP contribution is -2.47. The van der Waals surface area contributed by atoms with Gasteiger partial charge in [-0.15, -0.1) is 0 Å². The molecule has 3 aromatic heterocycles. The molecule has 3 aromatic rings. The fraction of sp³-hybridized carbons (Fsp3) is 0.524. The Morgan fingerprint density at radius 1 is 1.14 bits per heavy atom. The topological polar surface area (TPSA) is 111 Å². The van der Waals surface area contributed by atoms with E-state index in [0.29, 0.717) is 6.42 Å². The molecule has 0 aliphatic carbocycles. The Morgan fingerprint density at radius 3 is 2.46 bits per heavy atom. The summed E-state index contributed by atoms with van der Waals surface area (Å²) >= 11 is 0. The monoisotopic (exact) mass is 512 g/mol. The zero-order valence-corrected chi connectivity index (χ0v) is 20.5. The molecule has 1 fully saturated rings. The number of sulfonamides is 1. The fourth-order valence-electron chi connectivity index (χ4n) is 4.01. The van der Waals surface area contributed by atoms with Crippen LogP contribution in [0.15, 0.2) is 35.9 Å². The van der Waals surface area contributed by atoms with Crippen LogP contribution in [-0.4, -0.2) is 61.4 Å². The number of hydrogen-bond donors (Lipinski definition) is 1. The van der Waals surface area contributed by atoms with Crippen LogP contribution in [0.2, 0.25) is 0 Å². The molecule has 0 bridgehead atoms. The van der Waals surface area contributed by atoms with Gasteiger partial charge in [0.05, 0.1) is 18.1 Å². The number of anilines is 1. The van der Waals surface area contributed by atoms with Gasteiger partial charge in [-0.3, -0.25) is 9.36 Å². The van der Waals surface area contributed by atoms with Crippen molar-refractivity contribution in [3.63, 3.8) is 0 Å². The van der Waals surface area contributed by atoms with E-state index in [-0.39, 0.29) is 53.2 Å². The Kier molecular flexibility index (Phi) is 6.62. The van der Waals surface area contributed by atoms with E-state index >= 15 is 0 Å². The van der Waals surface area contributed by atoms with Crippen LogP contribution >= 0.6 is 0 Å². The molecular weight excluding hydrogens is 485 g/mol. The van der Waals surface area contributed by atoms with Gasteiger partial charge < -0.3 is 5.32 Å². The highest BCUT2D eigenvalue weighted by molar-refractivity contribution is 7.89. The standard InChI is InChI=1S/C21H27F3N8O2S/c1-13(2)32-12-16(8-27-32)35(33,34)31-6-5-18(14(3)10-31)28-20-25-9-17(21(22,23)24)19(29-20)15-7-26-30(4)11-15/h7-9,11-14,18H,5-6,10H2,1-4H3,(H,25,28,29)/t14-,18-/m0/s1. The normalized spacial score (nSPS) is 19.9. The van der Waals surface area contributed by atoms with E-state index in [0.717, 1.165) is 6.20 Å². The molecule has 1 aliphatic rings. The summed E-state index contributed by atoms with van der Waals surface area (Å²) in [6.07, 6.45) is 2.20. The molecule has 4 rings (SSSR count). The maximum Gasteiger partial charge on any atom is 0.419 e. The first-order valence-electron chi connectivity index (χ1n) is 11.1. The van der Waals surface area contributed by atoms with Gasteiger partial charge in [0, 0.05) is 56.4 Å². The molecule has 1 saturated heterocycles. The van der Waals surface area contributed by atoms with Crippen molar-refractivity contribution in [3.8, 4) is 11.3 Å². The summed E-state index contributed by atoms with van der Waals surface area (Å²) in [5.41, 5.74) is -0.994. The van der Waals surface area contributed by atoms with Crippen LogP contribution in [0.25, 0.3) is 11.3 Å². The molecule has 35 heavy (non-hydrogen) atoms. The molecule has 0 aromatic carbocycles. The molecule has 0 spiro atoms. The van der Waals surface area contributed by atoms with Crippen molar-refractivity contribution in [2.75, 3.05) is 18.4 Å². The molecule has 4 heterocycles. The van der Waals surface area contributed by atoms with Crippen molar-refractivity contribution in [2.24, 2.45) is 13.0 Å². The predicted octanol–water partition coefficient (Wildman–Crippen LogP) is 3.18. The van der Waals surface area contributed by atoms with Crippen LogP contribution in [0.5, 0.6) is 0 Å². The molecule has 1 aliphatic heterocycles. The number of hydrogen-bond acceptors (Lipinski definition) is 7. The summed E-state index contributed by atoms with van der Waals surface area (Å²) in [6, 6.07) is -0.188. The maximum atomic E-state index is 13.5. The van der Waals surface area contributed by atoms with E-state index in [9.17, 15) is 21.6 Å². The summed E-state index contributed by atoms with van der Waals surface area (Å²) in [5.74, 6) is -0.102. The van der Waals surface area contributed by atoms with Crippen LogP contribution in [0, 0.1) is 5.92 Å². The largest absolute Gasteiger partial charge is 0.419 e. The highest BCUT2D eigenvalue weighted by Gasteiger charge is 2.37. The second-order valence-electron chi connectivity index (χ2n) is 8.99. The summed E-state index contributed by atoms with van der Waals surface area (Å²) in [6.45, 7) is 6.18. The number of rotatable bonds is 6. The van der Waals surface area contributed by atoms with Crippen molar-refractivity contribution in [3.05, 3.63) is 36.5 Å². The molecule has 10 nitrogen and oxygen atoms in total. The smallest absolute Gasteiger partial charge is 0.351 e. The van der Waals surface area contributed by atoms with Gasteiger partial charge in [0.1, 0.15) is 10.5 Å². The first kappa shape index (κ1) is 25.1. The number of aryl methyl sites for hydroxylation is 1. The third-order valence-electron chi connectivity index (χ3n) is 6.00. The molecule has 0 saturated carbocycles. The second kappa shape index (κ2) is 9.22. The lowest BCUT2D eigenvalue weighted by atomic mass is 9.95. The van der Waals surface area contributed by atoms with Crippen molar-refractivity contribution in [1.29, 1.82) is 0 Å². The molecular formula is C21H27F3N8O2S. The zero-order valence-electron chi connectivity index (χ0n) is 19.7. The van der Waals surface area contributed by atoms with E-state index in [1.54, 1.807) is 11.7 Å². The third kappa shape index (κ3) is 5.17. The minimum Gasteiger partial charge on any atom is -0.351 e. The minimum atomic E-state index is -4.62. The van der Waals surface area contributed by atoms with Crippen LogP contribution in [0.1, 0.15) is 38.8 Å². The first-order chi connectivity index (χ1) is 16.4. The fourth-order valence-corrected chi connectivity index (χ4v) is 5.51. The molecule has 0 unspecified atom stereocenters. The van der Waals surface area contributed by atoms with Gasteiger partial charge in [-0.05, 0) is 26.2 Å². The molecule has 190 valence electrons. The van der Waals surface area contributed by atoms with Crippen LogP contribution in [0.4, 0.5) is 19.1 Å². The zero-order chi connectivity index (χ0) is 25.5. The van der Waals surface area contributed by atoms with Gasteiger partial charge >= 0.3 is 6.18 Å². The average molecular weight is 513 g/mol. The highest BCUT2D eigenvalue weighted by Crippen LogP contribution is 2.36. The van der Waals surface area contributed by atoms with Gasteiger partial charge in [0.15, 0.2) is 0 Å². The lowest BCUT2D eigenvalue weighted by molar-refractivity contribution is -0.137. The number of nitrogens with one attached hydrogen (secondary N) is 1. The number of aromatic nitrogens is 6. The lowest BCUT2D eigenvalue weighted by Gasteiger charge is -2.36. The van der Waals surface area contributed by atoms with Crippen molar-refractivity contribution in [1.82, 2.24) is 33.8 Å². The van der Waals surface area contributed by atoms with Crippen LogP contribution in [0.3, 0.4) is 0 Å². The second-order valence-corrected chi connectivity index (χ2v) is 10.9. The van der Waals surface area contributed by atoms with E-state index < -0.39 is 21.8 Å². The van der Waals surface area contributed by atoms with E-state index in [1.165, 1.54) is 33.8 Å². The molecule has 1 N–H and O–H groups in total. The van der Waals surface area contributed by atoms with Crippen LogP contribution < -0.4 is 5.32 Å². The predicted molar refractivity (Wildman–Crippen MR) is 122 cm³/mol. The first-order valence-corrected chi connectivity index (χ1v) is 12.5.